The zero-order valence-corrected chi connectivity index (χ0v) is 21.3. The number of methoxy groups -OCH3 is 1. The van der Waals surface area contributed by atoms with E-state index in [9.17, 15) is 0 Å². The molecule has 7 nitrogen and oxygen atoms in total. The Bertz CT molecular complexity index is 1310. The normalized spacial score (nSPS) is 10.9. The first-order valence-corrected chi connectivity index (χ1v) is 11.7. The summed E-state index contributed by atoms with van der Waals surface area (Å²) >= 11 is 18.1. The van der Waals surface area contributed by atoms with Crippen LogP contribution in [0.25, 0.3) is 0 Å². The van der Waals surface area contributed by atoms with E-state index in [1.54, 1.807) is 11.8 Å². The van der Waals surface area contributed by atoms with E-state index < -0.39 is 0 Å². The summed E-state index contributed by atoms with van der Waals surface area (Å²) in [5.74, 6) is 1.43. The Balaban J connectivity index is 1.42. The van der Waals surface area contributed by atoms with Crippen LogP contribution in [0.1, 0.15) is 22.5 Å². The lowest BCUT2D eigenvalue weighted by Gasteiger charge is -2.10. The van der Waals surface area contributed by atoms with Crippen LogP contribution in [0.5, 0.6) is 5.75 Å². The fourth-order valence-corrected chi connectivity index (χ4v) is 4.32. The first-order chi connectivity index (χ1) is 16.3. The molecule has 0 atom stereocenters. The van der Waals surface area contributed by atoms with Gasteiger partial charge in [-0.2, -0.15) is 10.2 Å². The first kappa shape index (κ1) is 24.1. The van der Waals surface area contributed by atoms with E-state index in [0.717, 1.165) is 34.0 Å². The Morgan fingerprint density at radius 2 is 1.74 bits per heavy atom. The van der Waals surface area contributed by atoms with E-state index in [-0.39, 0.29) is 0 Å². The Kier molecular flexibility index (Phi) is 7.41. The molecule has 34 heavy (non-hydrogen) atoms. The number of thiocarbonyl (C=S) groups is 1. The Morgan fingerprint density at radius 3 is 2.47 bits per heavy atom. The molecule has 4 rings (SSSR count). The molecule has 2 N–H and O–H groups in total. The number of ether oxygens (including phenoxy) is 1. The second-order valence-electron chi connectivity index (χ2n) is 7.73. The predicted octanol–water partition coefficient (Wildman–Crippen LogP) is 5.92. The molecule has 2 aromatic heterocycles. The van der Waals surface area contributed by atoms with E-state index in [4.69, 9.17) is 40.2 Å². The summed E-state index contributed by atoms with van der Waals surface area (Å²) in [5.41, 5.74) is 4.60. The summed E-state index contributed by atoms with van der Waals surface area (Å²) in [5, 5.41) is 17.2. The average molecular weight is 515 g/mol. The van der Waals surface area contributed by atoms with Crippen molar-refractivity contribution in [2.75, 3.05) is 17.7 Å². The Labute approximate surface area is 213 Å². The lowest BCUT2D eigenvalue weighted by molar-refractivity contribution is 0.414. The van der Waals surface area contributed by atoms with Gasteiger partial charge >= 0.3 is 0 Å². The van der Waals surface area contributed by atoms with Crippen molar-refractivity contribution in [2.24, 2.45) is 0 Å². The van der Waals surface area contributed by atoms with Crippen LogP contribution in [0.2, 0.25) is 10.0 Å². The molecule has 0 aliphatic rings. The molecule has 176 valence electrons. The van der Waals surface area contributed by atoms with E-state index in [2.05, 4.69) is 20.8 Å². The number of benzene rings is 2. The van der Waals surface area contributed by atoms with Crippen LogP contribution < -0.4 is 15.4 Å². The Morgan fingerprint density at radius 1 is 1.00 bits per heavy atom. The second kappa shape index (κ2) is 10.5. The largest absolute Gasteiger partial charge is 0.497 e. The maximum atomic E-state index is 6.27. The molecule has 4 aromatic rings. The van der Waals surface area contributed by atoms with Gasteiger partial charge in [0.15, 0.2) is 10.9 Å². The molecular weight excluding hydrogens is 491 g/mol. The molecule has 2 aromatic carbocycles. The van der Waals surface area contributed by atoms with Gasteiger partial charge in [0.05, 0.1) is 37.3 Å². The highest BCUT2D eigenvalue weighted by Gasteiger charge is 2.14. The molecule has 0 fully saturated rings. The fraction of sp³-hybridized carbons (Fsp3) is 0.208. The third-order valence-corrected chi connectivity index (χ3v) is 6.26. The maximum absolute atomic E-state index is 6.27. The van der Waals surface area contributed by atoms with Crippen LogP contribution in [0.3, 0.4) is 0 Å². The summed E-state index contributed by atoms with van der Waals surface area (Å²) < 4.78 is 9.01. The molecule has 0 bridgehead atoms. The van der Waals surface area contributed by atoms with Crippen molar-refractivity contribution in [3.63, 3.8) is 0 Å². The van der Waals surface area contributed by atoms with Crippen molar-refractivity contribution in [3.05, 3.63) is 87.3 Å². The van der Waals surface area contributed by atoms with Crippen molar-refractivity contribution in [2.45, 2.75) is 26.9 Å². The van der Waals surface area contributed by atoms with Crippen molar-refractivity contribution in [1.82, 2.24) is 19.6 Å². The number of nitrogens with one attached hydrogen (secondary N) is 2. The van der Waals surface area contributed by atoms with Crippen molar-refractivity contribution in [1.29, 1.82) is 0 Å². The van der Waals surface area contributed by atoms with Crippen LogP contribution in [0.15, 0.2) is 54.7 Å². The lowest BCUT2D eigenvalue weighted by Crippen LogP contribution is -2.20. The number of anilines is 2. The molecule has 2 heterocycles. The summed E-state index contributed by atoms with van der Waals surface area (Å²) in [4.78, 5) is 0. The summed E-state index contributed by atoms with van der Waals surface area (Å²) in [7, 11) is 1.66. The molecular formula is C24H24Cl2N6OS. The highest BCUT2D eigenvalue weighted by Crippen LogP contribution is 2.25. The fourth-order valence-electron chi connectivity index (χ4n) is 3.60. The quantitative estimate of drug-likeness (QED) is 0.298. The third kappa shape index (κ3) is 5.52. The van der Waals surface area contributed by atoms with Crippen LogP contribution in [0, 0.1) is 13.8 Å². The first-order valence-electron chi connectivity index (χ1n) is 10.6. The van der Waals surface area contributed by atoms with Crippen LogP contribution >= 0.6 is 35.4 Å². The number of aryl methyl sites for hydroxylation is 1. The van der Waals surface area contributed by atoms with Crippen LogP contribution in [-0.4, -0.2) is 31.8 Å². The SMILES string of the molecule is COc1cccc(Cn2nc(C)c(NC(=S)Nc3ccn(Cc4c(Cl)cccc4Cl)n3)c2C)c1. The Hall–Kier alpha value is -3.07. The minimum atomic E-state index is 0.424. The van der Waals surface area contributed by atoms with Crippen molar-refractivity contribution in [3.8, 4) is 5.75 Å². The van der Waals surface area contributed by atoms with Crippen molar-refractivity contribution >= 4 is 52.0 Å². The van der Waals surface area contributed by atoms with Crippen LogP contribution in [0.4, 0.5) is 11.5 Å². The van der Waals surface area contributed by atoms with E-state index >= 15 is 0 Å². The smallest absolute Gasteiger partial charge is 0.176 e. The number of aromatic nitrogens is 4. The van der Waals surface area contributed by atoms with Gasteiger partial charge in [0.25, 0.3) is 0 Å². The van der Waals surface area contributed by atoms with Crippen molar-refractivity contribution < 1.29 is 4.74 Å². The molecule has 10 heteroatoms. The molecule has 0 spiro atoms. The second-order valence-corrected chi connectivity index (χ2v) is 8.96. The number of halogens is 2. The maximum Gasteiger partial charge on any atom is 0.176 e. The number of nitrogens with zero attached hydrogens (tertiary/aromatic N) is 4. The third-order valence-electron chi connectivity index (χ3n) is 5.35. The van der Waals surface area contributed by atoms with Gasteiger partial charge in [0, 0.05) is 27.9 Å². The van der Waals surface area contributed by atoms with Gasteiger partial charge in [-0.05, 0) is 55.9 Å². The standard InChI is InChI=1S/C24H24Cl2N6OS/c1-15-23(16(2)32(29-15)13-17-6-4-7-18(12-17)33-3)28-24(34)27-22-10-11-31(30-22)14-19-20(25)8-5-9-21(19)26/h4-12H,13-14H2,1-3H3,(H2,27,28,30,34). The van der Waals surface area contributed by atoms with E-state index in [1.807, 2.05) is 73.3 Å². The molecule has 0 saturated carbocycles. The molecule has 0 aliphatic carbocycles. The van der Waals surface area contributed by atoms with Gasteiger partial charge < -0.3 is 15.4 Å². The monoisotopic (exact) mass is 514 g/mol. The van der Waals surface area contributed by atoms with Gasteiger partial charge in [0.2, 0.25) is 0 Å². The summed E-state index contributed by atoms with van der Waals surface area (Å²) in [6.07, 6.45) is 1.84. The zero-order valence-electron chi connectivity index (χ0n) is 19.0. The topological polar surface area (TPSA) is 68.9 Å². The van der Waals surface area contributed by atoms with Crippen LogP contribution in [-0.2, 0) is 13.1 Å². The molecule has 0 radical (unpaired) electrons. The summed E-state index contributed by atoms with van der Waals surface area (Å²) in [6, 6.07) is 15.2. The lowest BCUT2D eigenvalue weighted by atomic mass is 10.2. The minimum absolute atomic E-state index is 0.424. The van der Waals surface area contributed by atoms with Gasteiger partial charge in [-0.15, -0.1) is 0 Å². The summed E-state index contributed by atoms with van der Waals surface area (Å²) in [6.45, 7) is 5.03. The molecule has 0 aliphatic heterocycles. The van der Waals surface area contributed by atoms with Gasteiger partial charge in [-0.3, -0.25) is 9.36 Å². The highest BCUT2D eigenvalue weighted by atomic mass is 35.5. The zero-order chi connectivity index (χ0) is 24.2. The number of hydrogen-bond donors (Lipinski definition) is 2. The van der Waals surface area contributed by atoms with Gasteiger partial charge in [0.1, 0.15) is 5.75 Å². The van der Waals surface area contributed by atoms with Gasteiger partial charge in [-0.1, -0.05) is 41.4 Å². The minimum Gasteiger partial charge on any atom is -0.497 e. The molecule has 0 unspecified atom stereocenters. The highest BCUT2D eigenvalue weighted by molar-refractivity contribution is 7.80. The molecule has 0 amide bonds. The van der Waals surface area contributed by atoms with Gasteiger partial charge in [-0.25, -0.2) is 0 Å². The van der Waals surface area contributed by atoms with E-state index in [0.29, 0.717) is 34.1 Å². The number of rotatable bonds is 7. The average Bonchev–Trinajstić information content (AvgIpc) is 3.35. The van der Waals surface area contributed by atoms with E-state index in [1.165, 1.54) is 0 Å². The number of hydrogen-bond acceptors (Lipinski definition) is 4. The predicted molar refractivity (Wildman–Crippen MR) is 141 cm³/mol. The molecule has 0 saturated heterocycles.